The molecule has 0 bridgehead atoms. The van der Waals surface area contributed by atoms with Gasteiger partial charge in [0.25, 0.3) is 0 Å². The van der Waals surface area contributed by atoms with Crippen molar-refractivity contribution >= 4 is 39.5 Å². The number of rotatable bonds is 92. The lowest BCUT2D eigenvalue weighted by Crippen LogP contribution is -2.30. The normalized spacial score (nSPS) is 13.9. The van der Waals surface area contributed by atoms with Crippen LogP contribution < -0.4 is 0 Å². The summed E-state index contributed by atoms with van der Waals surface area (Å²) in [4.78, 5) is 73.4. The van der Waals surface area contributed by atoms with Crippen molar-refractivity contribution in [2.24, 2.45) is 11.8 Å². The fourth-order valence-electron chi connectivity index (χ4n) is 14.6. The van der Waals surface area contributed by atoms with Crippen LogP contribution in [0, 0.1) is 11.8 Å². The first-order valence-electron chi connectivity index (χ1n) is 48.0. The van der Waals surface area contributed by atoms with Crippen molar-refractivity contribution in [2.75, 3.05) is 39.6 Å². The predicted molar refractivity (Wildman–Crippen MR) is 465 cm³/mol. The Labute approximate surface area is 689 Å². The van der Waals surface area contributed by atoms with Crippen LogP contribution >= 0.6 is 15.6 Å². The van der Waals surface area contributed by atoms with Crippen molar-refractivity contribution in [1.82, 2.24) is 0 Å². The Kier molecular flexibility index (Phi) is 82.6. The third-order valence-corrected chi connectivity index (χ3v) is 24.2. The van der Waals surface area contributed by atoms with E-state index in [1.807, 2.05) is 0 Å². The van der Waals surface area contributed by atoms with Gasteiger partial charge in [-0.05, 0) is 37.5 Å². The van der Waals surface area contributed by atoms with Gasteiger partial charge < -0.3 is 33.8 Å². The minimum atomic E-state index is -4.97. The van der Waals surface area contributed by atoms with Crippen LogP contribution in [0.15, 0.2) is 0 Å². The maximum absolute atomic E-state index is 13.2. The Bertz CT molecular complexity index is 2130. The average molecular weight is 1630 g/mol. The second-order valence-corrected chi connectivity index (χ2v) is 37.0. The summed E-state index contributed by atoms with van der Waals surface area (Å²) in [5.74, 6) is -0.542. The van der Waals surface area contributed by atoms with E-state index < -0.39 is 97.5 Å². The molecule has 0 heterocycles. The van der Waals surface area contributed by atoms with Gasteiger partial charge in [-0.2, -0.15) is 0 Å². The number of carbonyl (C=O) groups is 4. The molecule has 0 spiro atoms. The molecule has 0 rings (SSSR count). The van der Waals surface area contributed by atoms with Crippen molar-refractivity contribution in [1.29, 1.82) is 0 Å². The van der Waals surface area contributed by atoms with E-state index in [4.69, 9.17) is 37.0 Å². The smallest absolute Gasteiger partial charge is 0.462 e. The molecular formula is C93H182O17P2. The molecule has 3 unspecified atom stereocenters. The van der Waals surface area contributed by atoms with Crippen LogP contribution in [0.1, 0.15) is 504 Å². The number of hydrogen-bond donors (Lipinski definition) is 3. The van der Waals surface area contributed by atoms with E-state index >= 15 is 0 Å². The zero-order chi connectivity index (χ0) is 82.0. The number of phosphoric ester groups is 2. The Morgan fingerprint density at radius 3 is 0.679 bits per heavy atom. The summed E-state index contributed by atoms with van der Waals surface area (Å²) < 4.78 is 69.1. The van der Waals surface area contributed by atoms with Crippen LogP contribution in [0.25, 0.3) is 0 Å². The molecule has 0 saturated carbocycles. The lowest BCUT2D eigenvalue weighted by Gasteiger charge is -2.21. The quantitative estimate of drug-likeness (QED) is 0.0222. The maximum atomic E-state index is 13.2. The van der Waals surface area contributed by atoms with Crippen molar-refractivity contribution < 1.29 is 80.2 Å². The molecule has 0 fully saturated rings. The average Bonchev–Trinajstić information content (AvgIpc) is 0.897. The lowest BCUT2D eigenvalue weighted by atomic mass is 10.00. The number of hydrogen-bond acceptors (Lipinski definition) is 15. The van der Waals surface area contributed by atoms with E-state index in [2.05, 4.69) is 41.5 Å². The van der Waals surface area contributed by atoms with E-state index in [-0.39, 0.29) is 25.7 Å². The summed E-state index contributed by atoms with van der Waals surface area (Å²) in [5, 5.41) is 10.7. The molecule has 0 aliphatic carbocycles. The van der Waals surface area contributed by atoms with Gasteiger partial charge in [0, 0.05) is 25.7 Å². The fraction of sp³-hybridized carbons (Fsp3) is 0.957. The Hall–Kier alpha value is -1.94. The van der Waals surface area contributed by atoms with E-state index in [1.165, 1.54) is 315 Å². The Morgan fingerprint density at radius 2 is 0.455 bits per heavy atom. The Morgan fingerprint density at radius 1 is 0.259 bits per heavy atom. The zero-order valence-electron chi connectivity index (χ0n) is 74.0. The van der Waals surface area contributed by atoms with Crippen molar-refractivity contribution in [2.45, 2.75) is 522 Å². The van der Waals surface area contributed by atoms with Crippen molar-refractivity contribution in [3.63, 3.8) is 0 Å². The van der Waals surface area contributed by atoms with Gasteiger partial charge in [0.05, 0.1) is 26.4 Å². The SMILES string of the molecule is CCCCCCCCCCCCCCCCCCCCCCCCC(=O)O[C@H](COC(=O)CCCCCCCCCCCCCCCCCCCCC(C)C)COP(=O)(O)OC[C@@H](O)COP(=O)(O)OC[C@@H](COC(=O)CCCCCCCCC(C)CC)OC(=O)CCCCCCCCCCCCCCCCCCCCC. The number of aliphatic hydroxyl groups is 1. The van der Waals surface area contributed by atoms with E-state index in [0.717, 1.165) is 108 Å². The molecule has 0 amide bonds. The highest BCUT2D eigenvalue weighted by Crippen LogP contribution is 2.45. The number of carbonyl (C=O) groups excluding carboxylic acids is 4. The van der Waals surface area contributed by atoms with Crippen LogP contribution in [-0.4, -0.2) is 96.7 Å². The summed E-state index contributed by atoms with van der Waals surface area (Å²) in [5.41, 5.74) is 0. The highest BCUT2D eigenvalue weighted by molar-refractivity contribution is 7.47. The molecule has 3 N–H and O–H groups in total. The lowest BCUT2D eigenvalue weighted by molar-refractivity contribution is -0.161. The molecule has 0 aromatic carbocycles. The number of unbranched alkanes of at least 4 members (excludes halogenated alkanes) is 61. The number of phosphoric acid groups is 2. The molecule has 0 radical (unpaired) electrons. The topological polar surface area (TPSA) is 237 Å². The van der Waals surface area contributed by atoms with E-state index in [0.29, 0.717) is 25.7 Å². The molecule has 6 atom stereocenters. The number of esters is 4. The second-order valence-electron chi connectivity index (χ2n) is 34.1. The van der Waals surface area contributed by atoms with Crippen LogP contribution in [0.2, 0.25) is 0 Å². The number of ether oxygens (including phenoxy) is 4. The minimum Gasteiger partial charge on any atom is -0.462 e. The molecule has 0 aliphatic heterocycles. The van der Waals surface area contributed by atoms with Crippen LogP contribution in [-0.2, 0) is 65.4 Å². The molecule has 112 heavy (non-hydrogen) atoms. The van der Waals surface area contributed by atoms with Crippen molar-refractivity contribution in [3.8, 4) is 0 Å². The highest BCUT2D eigenvalue weighted by Gasteiger charge is 2.31. The van der Waals surface area contributed by atoms with E-state index in [1.54, 1.807) is 0 Å². The van der Waals surface area contributed by atoms with Gasteiger partial charge in [0.2, 0.25) is 0 Å². The van der Waals surface area contributed by atoms with Crippen LogP contribution in [0.4, 0.5) is 0 Å². The first-order chi connectivity index (χ1) is 54.4. The first-order valence-corrected chi connectivity index (χ1v) is 51.0. The van der Waals surface area contributed by atoms with Crippen LogP contribution in [0.5, 0.6) is 0 Å². The Balaban J connectivity index is 5.21. The highest BCUT2D eigenvalue weighted by atomic mass is 31.2. The second kappa shape index (κ2) is 84.1. The van der Waals surface area contributed by atoms with Crippen molar-refractivity contribution in [3.05, 3.63) is 0 Å². The summed E-state index contributed by atoms with van der Waals surface area (Å²) >= 11 is 0. The van der Waals surface area contributed by atoms with Gasteiger partial charge in [-0.1, -0.05) is 452 Å². The molecule has 19 heteroatoms. The molecule has 17 nitrogen and oxygen atoms in total. The molecule has 0 aromatic rings. The monoisotopic (exact) mass is 1630 g/mol. The molecule has 0 saturated heterocycles. The maximum Gasteiger partial charge on any atom is 0.472 e. The summed E-state index contributed by atoms with van der Waals surface area (Å²) in [6.45, 7) is 9.71. The fourth-order valence-corrected chi connectivity index (χ4v) is 16.2. The molecule has 0 aliphatic rings. The van der Waals surface area contributed by atoms with Gasteiger partial charge in [0.15, 0.2) is 12.2 Å². The van der Waals surface area contributed by atoms with Gasteiger partial charge in [-0.25, -0.2) is 9.13 Å². The summed E-state index contributed by atoms with van der Waals surface area (Å²) in [6.07, 6.45) is 79.5. The molecular weight excluding hydrogens is 1450 g/mol. The summed E-state index contributed by atoms with van der Waals surface area (Å²) in [6, 6.07) is 0. The van der Waals surface area contributed by atoms with Gasteiger partial charge in [0.1, 0.15) is 19.3 Å². The first kappa shape index (κ1) is 110. The number of aliphatic hydroxyl groups excluding tert-OH is 1. The van der Waals surface area contributed by atoms with Crippen LogP contribution in [0.3, 0.4) is 0 Å². The molecule has 0 aromatic heterocycles. The summed E-state index contributed by atoms with van der Waals surface area (Å²) in [7, 11) is -9.94. The third kappa shape index (κ3) is 84.5. The standard InChI is InChI=1S/C93H182O17P2/c1-7-10-12-14-16-18-20-22-24-26-28-29-30-32-38-42-46-50-54-58-65-71-77-92(97)109-88(81-103-90(95)75-69-63-56-52-48-44-40-36-34-33-35-39-43-47-51-55-61-67-73-85(4)5)83-107-111(99,100)105-79-87(94)80-106-112(101,102)108-84-89(82-104-91(96)76-70-64-60-59-62-68-74-86(6)9-3)110-93(98)78-72-66-57-53-49-45-41-37-31-27-25-23-21-19-17-15-13-11-8-2/h85-89,94H,7-84H2,1-6H3,(H,99,100)(H,101,102)/t86?,87-,88-,89-/m1/s1. The zero-order valence-corrected chi connectivity index (χ0v) is 75.8. The largest absolute Gasteiger partial charge is 0.472 e. The third-order valence-electron chi connectivity index (χ3n) is 22.3. The minimum absolute atomic E-state index is 0.108. The van der Waals surface area contributed by atoms with Gasteiger partial charge >= 0.3 is 39.5 Å². The predicted octanol–water partition coefficient (Wildman–Crippen LogP) is 29.0. The molecule has 666 valence electrons. The van der Waals surface area contributed by atoms with Gasteiger partial charge in [-0.15, -0.1) is 0 Å². The van der Waals surface area contributed by atoms with Gasteiger partial charge in [-0.3, -0.25) is 37.3 Å². The van der Waals surface area contributed by atoms with E-state index in [9.17, 15) is 43.2 Å².